The Hall–Kier alpha value is -5.01. The summed E-state index contributed by atoms with van der Waals surface area (Å²) in [4.78, 5) is 57.0. The first kappa shape index (κ1) is 29.5. The molecule has 40 heavy (non-hydrogen) atoms. The number of carboxylic acids is 1. The van der Waals surface area contributed by atoms with Crippen LogP contribution in [0.3, 0.4) is 0 Å². The van der Waals surface area contributed by atoms with Crippen molar-refractivity contribution < 1.29 is 37.5 Å². The number of hydrogen-bond acceptors (Lipinski definition) is 7. The zero-order valence-electron chi connectivity index (χ0n) is 21.0. The summed E-state index contributed by atoms with van der Waals surface area (Å²) in [6, 6.07) is 14.2. The minimum absolute atomic E-state index is 0.259. The summed E-state index contributed by atoms with van der Waals surface area (Å²) in [6.07, 6.45) is -0.192. The number of pyridine rings is 2. The molecule has 0 saturated carbocycles. The summed E-state index contributed by atoms with van der Waals surface area (Å²) in [5.41, 5.74) is 7.88. The second kappa shape index (κ2) is 12.7. The van der Waals surface area contributed by atoms with Crippen molar-refractivity contribution in [2.24, 2.45) is 5.92 Å². The van der Waals surface area contributed by atoms with Crippen LogP contribution in [0.4, 0.5) is 29.5 Å². The maximum atomic E-state index is 13.1. The number of carbonyl (C=O) groups excluding carboxylic acids is 3. The van der Waals surface area contributed by atoms with E-state index in [-0.39, 0.29) is 12.5 Å². The lowest BCUT2D eigenvalue weighted by Gasteiger charge is -2.44. The van der Waals surface area contributed by atoms with Gasteiger partial charge in [-0.2, -0.15) is 13.2 Å². The zero-order chi connectivity index (χ0) is 29.4. The number of hydrogen-bond donors (Lipinski definition) is 4. The Balaban J connectivity index is 0.000000559. The molecule has 1 aliphatic heterocycles. The molecule has 1 saturated heterocycles. The Labute approximate surface area is 226 Å². The molecule has 14 heteroatoms. The molecule has 3 heterocycles. The number of nitrogens with two attached hydrogens (primary N) is 1. The molecule has 0 unspecified atom stereocenters. The zero-order valence-corrected chi connectivity index (χ0v) is 21.0. The number of rotatable bonds is 6. The van der Waals surface area contributed by atoms with Crippen molar-refractivity contribution in [1.82, 2.24) is 20.2 Å². The molecule has 0 bridgehead atoms. The van der Waals surface area contributed by atoms with Gasteiger partial charge < -0.3 is 21.5 Å². The monoisotopic (exact) mass is 558 g/mol. The Morgan fingerprint density at radius 3 is 2.35 bits per heavy atom. The minimum atomic E-state index is -5.08. The van der Waals surface area contributed by atoms with Crippen LogP contribution < -0.4 is 16.4 Å². The van der Waals surface area contributed by atoms with Gasteiger partial charge in [0, 0.05) is 12.4 Å². The minimum Gasteiger partial charge on any atom is -0.475 e. The molecule has 1 aromatic carbocycles. The molecule has 4 rings (SSSR count). The average molecular weight is 559 g/mol. The summed E-state index contributed by atoms with van der Waals surface area (Å²) in [5, 5.41) is 12.7. The van der Waals surface area contributed by atoms with Gasteiger partial charge in [-0.05, 0) is 48.7 Å². The van der Waals surface area contributed by atoms with Crippen molar-refractivity contribution in [3.63, 3.8) is 0 Å². The van der Waals surface area contributed by atoms with Crippen LogP contribution in [0.5, 0.6) is 0 Å². The van der Waals surface area contributed by atoms with E-state index in [0.29, 0.717) is 11.5 Å². The summed E-state index contributed by atoms with van der Waals surface area (Å²) in [6.45, 7) is 1.82. The van der Waals surface area contributed by atoms with Gasteiger partial charge in [0.15, 0.2) is 0 Å². The highest BCUT2D eigenvalue weighted by molar-refractivity contribution is 6.12. The summed E-state index contributed by atoms with van der Waals surface area (Å²) < 4.78 is 31.7. The molecule has 3 aromatic rings. The third-order valence-corrected chi connectivity index (χ3v) is 5.81. The molecule has 210 valence electrons. The van der Waals surface area contributed by atoms with E-state index < -0.39 is 42.0 Å². The maximum Gasteiger partial charge on any atom is 0.490 e. The van der Waals surface area contributed by atoms with E-state index in [1.165, 1.54) is 6.20 Å². The number of anilines is 2. The van der Waals surface area contributed by atoms with Crippen LogP contribution in [0.1, 0.15) is 24.1 Å². The smallest absolute Gasteiger partial charge is 0.475 e. The van der Waals surface area contributed by atoms with Gasteiger partial charge in [-0.3, -0.25) is 19.5 Å². The van der Waals surface area contributed by atoms with Crippen LogP contribution in [0.25, 0.3) is 0 Å². The molecular weight excluding hydrogens is 533 g/mol. The van der Waals surface area contributed by atoms with Crippen LogP contribution in [-0.2, 0) is 20.8 Å². The van der Waals surface area contributed by atoms with E-state index in [4.69, 9.17) is 15.6 Å². The molecule has 0 aliphatic carbocycles. The third kappa shape index (κ3) is 7.52. The summed E-state index contributed by atoms with van der Waals surface area (Å²) >= 11 is 0. The molecule has 1 aliphatic rings. The van der Waals surface area contributed by atoms with Gasteiger partial charge >= 0.3 is 18.2 Å². The number of amides is 4. The Kier molecular flexibility index (Phi) is 9.37. The van der Waals surface area contributed by atoms with Gasteiger partial charge in [0.1, 0.15) is 11.9 Å². The predicted molar refractivity (Wildman–Crippen MR) is 136 cm³/mol. The van der Waals surface area contributed by atoms with E-state index in [1.807, 2.05) is 37.3 Å². The van der Waals surface area contributed by atoms with Crippen LogP contribution in [0, 0.1) is 5.92 Å². The van der Waals surface area contributed by atoms with Crippen LogP contribution in [-0.4, -0.2) is 56.0 Å². The number of alkyl halides is 3. The average Bonchev–Trinajstić information content (AvgIpc) is 2.91. The largest absolute Gasteiger partial charge is 0.490 e. The molecule has 5 N–H and O–H groups in total. The molecule has 0 radical (unpaired) electrons. The lowest BCUT2D eigenvalue weighted by Crippen LogP contribution is -2.69. The first-order chi connectivity index (χ1) is 18.9. The summed E-state index contributed by atoms with van der Waals surface area (Å²) in [5.74, 6) is -4.03. The number of benzene rings is 1. The molecule has 0 spiro atoms. The Morgan fingerprint density at radius 2 is 1.77 bits per heavy atom. The highest BCUT2D eigenvalue weighted by atomic mass is 19.4. The predicted octanol–water partition coefficient (Wildman–Crippen LogP) is 3.17. The van der Waals surface area contributed by atoms with Crippen LogP contribution >= 0.6 is 0 Å². The number of urea groups is 1. The van der Waals surface area contributed by atoms with E-state index in [0.717, 1.165) is 16.0 Å². The van der Waals surface area contributed by atoms with Gasteiger partial charge in [0.05, 0.1) is 23.8 Å². The molecule has 4 amide bonds. The first-order valence-electron chi connectivity index (χ1n) is 11.8. The van der Waals surface area contributed by atoms with Gasteiger partial charge in [-0.1, -0.05) is 30.3 Å². The fraction of sp³-hybridized carbons (Fsp3) is 0.231. The van der Waals surface area contributed by atoms with E-state index in [1.54, 1.807) is 36.7 Å². The quantitative estimate of drug-likeness (QED) is 0.335. The normalized spacial score (nSPS) is 17.0. The fourth-order valence-corrected chi connectivity index (χ4v) is 3.88. The van der Waals surface area contributed by atoms with Crippen LogP contribution in [0.15, 0.2) is 73.2 Å². The highest BCUT2D eigenvalue weighted by Gasteiger charge is 2.54. The second-order valence-electron chi connectivity index (χ2n) is 8.67. The highest BCUT2D eigenvalue weighted by Crippen LogP contribution is 2.32. The number of halogens is 3. The number of β-lactam (4-membered cyclic amide) rings is 1. The second-order valence-corrected chi connectivity index (χ2v) is 8.67. The Bertz CT molecular complexity index is 1360. The fourth-order valence-electron chi connectivity index (χ4n) is 3.88. The lowest BCUT2D eigenvalue weighted by molar-refractivity contribution is -0.192. The summed E-state index contributed by atoms with van der Waals surface area (Å²) in [7, 11) is 0. The van der Waals surface area contributed by atoms with Crippen molar-refractivity contribution >= 4 is 35.3 Å². The van der Waals surface area contributed by atoms with Crippen molar-refractivity contribution in [3.05, 3.63) is 84.3 Å². The van der Waals surface area contributed by atoms with E-state index >= 15 is 0 Å². The first-order valence-corrected chi connectivity index (χ1v) is 11.8. The van der Waals surface area contributed by atoms with E-state index in [2.05, 4.69) is 20.6 Å². The Morgan fingerprint density at radius 1 is 1.10 bits per heavy atom. The molecule has 2 aromatic heterocycles. The van der Waals surface area contributed by atoms with Gasteiger partial charge in [-0.25, -0.2) is 14.6 Å². The van der Waals surface area contributed by atoms with Crippen molar-refractivity contribution in [2.45, 2.75) is 31.6 Å². The van der Waals surface area contributed by atoms with Gasteiger partial charge in [0.2, 0.25) is 11.8 Å². The van der Waals surface area contributed by atoms with Gasteiger partial charge in [0.25, 0.3) is 0 Å². The molecule has 3 atom stereocenters. The topological polar surface area (TPSA) is 168 Å². The standard InChI is InChI=1S/C24H24N6O3.C2HF3O2/c1-15(17-6-3-2-4-7-17)28-24(33)30-21(22(31)29-18-8-5-10-26-14-18)19(23(30)32)12-16-9-11-27-20(25)13-16;3-2(4,5)1(6)7/h2-11,13-15,19,21H,12H2,1H3,(H2,25,27)(H,28,33)(H,29,31);(H,6,7)/t15-,19-,21+;/m1./s1. The van der Waals surface area contributed by atoms with Gasteiger partial charge in [-0.15, -0.1) is 0 Å². The number of nitrogen functional groups attached to an aromatic ring is 1. The van der Waals surface area contributed by atoms with Crippen molar-refractivity contribution in [2.75, 3.05) is 11.1 Å². The number of nitrogens with zero attached hydrogens (tertiary/aromatic N) is 3. The van der Waals surface area contributed by atoms with Crippen molar-refractivity contribution in [1.29, 1.82) is 0 Å². The number of imide groups is 1. The SMILES string of the molecule is C[C@@H](NC(=O)N1C(=O)[C@H](Cc2ccnc(N)c2)[C@H]1C(=O)Nc1cccnc1)c1ccccc1.O=C(O)C(F)(F)F. The number of likely N-dealkylation sites (tertiary alicyclic amines) is 1. The molecular formula is C26H25F3N6O5. The van der Waals surface area contributed by atoms with E-state index in [9.17, 15) is 27.6 Å². The third-order valence-electron chi connectivity index (χ3n) is 5.81. The number of carbonyl (C=O) groups is 4. The molecule has 1 fully saturated rings. The maximum absolute atomic E-state index is 13.1. The lowest BCUT2D eigenvalue weighted by atomic mass is 9.82. The number of carboxylic acid groups (broad SMARTS) is 1. The number of aromatic nitrogens is 2. The van der Waals surface area contributed by atoms with Crippen molar-refractivity contribution in [3.8, 4) is 0 Å². The molecule has 11 nitrogen and oxygen atoms in total. The number of aliphatic carboxylic acids is 1. The number of nitrogens with one attached hydrogen (secondary N) is 2. The van der Waals surface area contributed by atoms with Crippen LogP contribution in [0.2, 0.25) is 0 Å².